The summed E-state index contributed by atoms with van der Waals surface area (Å²) in [7, 11) is 0. The van der Waals surface area contributed by atoms with Crippen molar-refractivity contribution < 1.29 is 34.1 Å². The number of benzene rings is 1. The molecule has 0 spiro atoms. The standard InChI is InChI=1S/C21H30N2O7/c1-20(2,3)30-19(27)23-16-11-15(9-10-21(16,28)12-17(24)25)22-18(26)29-13-14-7-5-4-6-8-14/h4-8,15-16,28H,9-13H2,1-3H3,(H,22,26)(H,23,27)(H,24,25)/t15-,16+,21-/m0/s1. The molecule has 9 heteroatoms. The SMILES string of the molecule is CC(C)(C)OC(=O)N[C@@H]1C[C@@H](NC(=O)OCc2ccccc2)CC[C@]1(O)CC(=O)O. The molecule has 2 amide bonds. The fraction of sp³-hybridized carbons (Fsp3) is 0.571. The van der Waals surface area contributed by atoms with Gasteiger partial charge in [-0.1, -0.05) is 30.3 Å². The van der Waals surface area contributed by atoms with E-state index in [0.717, 1.165) is 5.56 Å². The highest BCUT2D eigenvalue weighted by Gasteiger charge is 2.45. The van der Waals surface area contributed by atoms with Gasteiger partial charge in [0.2, 0.25) is 0 Å². The summed E-state index contributed by atoms with van der Waals surface area (Å²) in [5.41, 5.74) is -1.55. The highest BCUT2D eigenvalue weighted by atomic mass is 16.6. The summed E-state index contributed by atoms with van der Waals surface area (Å²) in [6, 6.07) is 7.91. The zero-order chi connectivity index (χ0) is 22.4. The summed E-state index contributed by atoms with van der Waals surface area (Å²) in [5, 5.41) is 25.3. The first-order chi connectivity index (χ1) is 14.0. The monoisotopic (exact) mass is 422 g/mol. The Kier molecular flexibility index (Phi) is 7.66. The third kappa shape index (κ3) is 7.55. The highest BCUT2D eigenvalue weighted by molar-refractivity contribution is 5.71. The van der Waals surface area contributed by atoms with Crippen LogP contribution >= 0.6 is 0 Å². The molecule has 2 rings (SSSR count). The summed E-state index contributed by atoms with van der Waals surface area (Å²) < 4.78 is 10.4. The van der Waals surface area contributed by atoms with Gasteiger partial charge in [-0.3, -0.25) is 4.79 Å². The van der Waals surface area contributed by atoms with Crippen LogP contribution < -0.4 is 10.6 Å². The molecule has 0 heterocycles. The first-order valence-electron chi connectivity index (χ1n) is 9.88. The van der Waals surface area contributed by atoms with Crippen molar-refractivity contribution in [3.8, 4) is 0 Å². The Hall–Kier alpha value is -2.81. The summed E-state index contributed by atoms with van der Waals surface area (Å²) in [6.45, 7) is 5.21. The van der Waals surface area contributed by atoms with Crippen LogP contribution in [-0.2, 0) is 20.9 Å². The van der Waals surface area contributed by atoms with E-state index in [1.165, 1.54) is 0 Å². The third-order valence-electron chi connectivity index (χ3n) is 4.78. The summed E-state index contributed by atoms with van der Waals surface area (Å²) in [4.78, 5) is 35.5. The summed E-state index contributed by atoms with van der Waals surface area (Å²) >= 11 is 0. The number of alkyl carbamates (subject to hydrolysis) is 2. The Morgan fingerprint density at radius 2 is 1.80 bits per heavy atom. The number of hydrogen-bond donors (Lipinski definition) is 4. The molecule has 0 aliphatic heterocycles. The number of carbonyl (C=O) groups excluding carboxylic acids is 2. The lowest BCUT2D eigenvalue weighted by Gasteiger charge is -2.42. The first kappa shape index (κ1) is 23.5. The van der Waals surface area contributed by atoms with Gasteiger partial charge in [-0.2, -0.15) is 0 Å². The number of carbonyl (C=O) groups is 3. The maximum atomic E-state index is 12.2. The van der Waals surface area contributed by atoms with Crippen molar-refractivity contribution in [3.05, 3.63) is 35.9 Å². The van der Waals surface area contributed by atoms with Crippen LogP contribution in [0.5, 0.6) is 0 Å². The van der Waals surface area contributed by atoms with Gasteiger partial charge in [0.05, 0.1) is 18.1 Å². The minimum atomic E-state index is -1.64. The van der Waals surface area contributed by atoms with Crippen molar-refractivity contribution in [1.29, 1.82) is 0 Å². The number of amides is 2. The molecule has 1 saturated carbocycles. The molecule has 0 unspecified atom stereocenters. The minimum Gasteiger partial charge on any atom is -0.481 e. The van der Waals surface area contributed by atoms with E-state index < -0.39 is 47.9 Å². The molecule has 3 atom stereocenters. The lowest BCUT2D eigenvalue weighted by atomic mass is 9.76. The van der Waals surface area contributed by atoms with Crippen molar-refractivity contribution in [1.82, 2.24) is 10.6 Å². The van der Waals surface area contributed by atoms with Crippen molar-refractivity contribution in [2.45, 2.75) is 76.3 Å². The number of rotatable bonds is 6. The number of hydrogen-bond acceptors (Lipinski definition) is 6. The van der Waals surface area contributed by atoms with E-state index in [2.05, 4.69) is 10.6 Å². The van der Waals surface area contributed by atoms with Crippen LogP contribution in [0.15, 0.2) is 30.3 Å². The van der Waals surface area contributed by atoms with E-state index in [9.17, 15) is 19.5 Å². The molecule has 0 radical (unpaired) electrons. The fourth-order valence-electron chi connectivity index (χ4n) is 3.40. The second kappa shape index (κ2) is 9.80. The molecule has 1 fully saturated rings. The minimum absolute atomic E-state index is 0.0867. The molecule has 30 heavy (non-hydrogen) atoms. The topological polar surface area (TPSA) is 134 Å². The van der Waals surface area contributed by atoms with Crippen LogP contribution in [0.1, 0.15) is 52.0 Å². The molecule has 0 bridgehead atoms. The van der Waals surface area contributed by atoms with Crippen LogP contribution in [0.2, 0.25) is 0 Å². The quantitative estimate of drug-likeness (QED) is 0.553. The molecule has 1 aromatic carbocycles. The normalized spacial score (nSPS) is 23.9. The second-order valence-electron chi connectivity index (χ2n) is 8.55. The maximum Gasteiger partial charge on any atom is 0.407 e. The van der Waals surface area contributed by atoms with Gasteiger partial charge in [-0.05, 0) is 45.6 Å². The average Bonchev–Trinajstić information content (AvgIpc) is 2.62. The Balaban J connectivity index is 1.97. The maximum absolute atomic E-state index is 12.2. The molecular weight excluding hydrogens is 392 g/mol. The van der Waals surface area contributed by atoms with Gasteiger partial charge < -0.3 is 30.3 Å². The lowest BCUT2D eigenvalue weighted by molar-refractivity contribution is -0.145. The van der Waals surface area contributed by atoms with E-state index >= 15 is 0 Å². The zero-order valence-electron chi connectivity index (χ0n) is 17.5. The summed E-state index contributed by atoms with van der Waals surface area (Å²) in [6.07, 6.45) is -1.34. The van der Waals surface area contributed by atoms with Crippen molar-refractivity contribution in [2.75, 3.05) is 0 Å². The van der Waals surface area contributed by atoms with Gasteiger partial charge in [-0.15, -0.1) is 0 Å². The Bertz CT molecular complexity index is 747. The van der Waals surface area contributed by atoms with E-state index in [-0.39, 0.29) is 19.4 Å². The first-order valence-corrected chi connectivity index (χ1v) is 9.88. The molecular formula is C21H30N2O7. The number of aliphatic carboxylic acids is 1. The van der Waals surface area contributed by atoms with E-state index in [0.29, 0.717) is 6.42 Å². The van der Waals surface area contributed by atoms with Gasteiger partial charge in [0.25, 0.3) is 0 Å². The third-order valence-corrected chi connectivity index (χ3v) is 4.78. The molecule has 166 valence electrons. The van der Waals surface area contributed by atoms with Crippen molar-refractivity contribution >= 4 is 18.2 Å². The van der Waals surface area contributed by atoms with Gasteiger partial charge in [-0.25, -0.2) is 9.59 Å². The largest absolute Gasteiger partial charge is 0.481 e. The number of aliphatic hydroxyl groups is 1. The number of nitrogens with one attached hydrogen (secondary N) is 2. The molecule has 0 aromatic heterocycles. The number of carboxylic acids is 1. The van der Waals surface area contributed by atoms with Gasteiger partial charge in [0, 0.05) is 6.04 Å². The van der Waals surface area contributed by atoms with Crippen LogP contribution in [0.3, 0.4) is 0 Å². The van der Waals surface area contributed by atoms with Crippen LogP contribution in [0, 0.1) is 0 Å². The molecule has 4 N–H and O–H groups in total. The second-order valence-corrected chi connectivity index (χ2v) is 8.55. The number of ether oxygens (including phenoxy) is 2. The Morgan fingerprint density at radius 3 is 2.40 bits per heavy atom. The highest BCUT2D eigenvalue weighted by Crippen LogP contribution is 2.32. The molecule has 1 aromatic rings. The van der Waals surface area contributed by atoms with Crippen LogP contribution in [0.4, 0.5) is 9.59 Å². The molecule has 9 nitrogen and oxygen atoms in total. The Morgan fingerprint density at radius 1 is 1.13 bits per heavy atom. The van der Waals surface area contributed by atoms with Crippen molar-refractivity contribution in [2.24, 2.45) is 0 Å². The number of carboxylic acid groups (broad SMARTS) is 1. The predicted molar refractivity (Wildman–Crippen MR) is 108 cm³/mol. The Labute approximate surface area is 175 Å². The average molecular weight is 422 g/mol. The van der Waals surface area contributed by atoms with E-state index in [1.54, 1.807) is 20.8 Å². The molecule has 1 aliphatic rings. The fourth-order valence-corrected chi connectivity index (χ4v) is 3.40. The smallest absolute Gasteiger partial charge is 0.407 e. The molecule has 0 saturated heterocycles. The molecule has 1 aliphatic carbocycles. The van der Waals surface area contributed by atoms with E-state index in [4.69, 9.17) is 14.6 Å². The van der Waals surface area contributed by atoms with Gasteiger partial charge >= 0.3 is 18.2 Å². The van der Waals surface area contributed by atoms with Crippen molar-refractivity contribution in [3.63, 3.8) is 0 Å². The zero-order valence-corrected chi connectivity index (χ0v) is 17.5. The van der Waals surface area contributed by atoms with E-state index in [1.807, 2.05) is 30.3 Å². The predicted octanol–water partition coefficient (Wildman–Crippen LogP) is 2.56. The van der Waals surface area contributed by atoms with Crippen LogP contribution in [0.25, 0.3) is 0 Å². The lowest BCUT2D eigenvalue weighted by Crippen LogP contribution is -2.60. The van der Waals surface area contributed by atoms with Gasteiger partial charge in [0.1, 0.15) is 12.2 Å². The summed E-state index contributed by atoms with van der Waals surface area (Å²) in [5.74, 6) is -1.18. The van der Waals surface area contributed by atoms with Crippen LogP contribution in [-0.4, -0.2) is 51.7 Å². The van der Waals surface area contributed by atoms with Gasteiger partial charge in [0.15, 0.2) is 0 Å².